The Morgan fingerprint density at radius 3 is 2.58 bits per heavy atom. The molecule has 0 aromatic rings. The van der Waals surface area contributed by atoms with Crippen LogP contribution < -0.4 is 0 Å². The Balaban J connectivity index is 2.69. The summed E-state index contributed by atoms with van der Waals surface area (Å²) in [6.45, 7) is 6.79. The van der Waals surface area contributed by atoms with E-state index >= 15 is 0 Å². The van der Waals surface area contributed by atoms with E-state index in [9.17, 15) is 0 Å². The Kier molecular flexibility index (Phi) is 3.51. The van der Waals surface area contributed by atoms with Gasteiger partial charge in [0.2, 0.25) is 0 Å². The molecule has 1 aliphatic heterocycles. The minimum Gasteiger partial charge on any atom is -0.290 e. The highest BCUT2D eigenvalue weighted by atomic mass is 14.8. The number of allylic oxidation sites excluding steroid dienone is 2. The molecule has 0 aromatic carbocycles. The Morgan fingerprint density at radius 1 is 1.25 bits per heavy atom. The van der Waals surface area contributed by atoms with Gasteiger partial charge in [0.15, 0.2) is 0 Å². The van der Waals surface area contributed by atoms with Crippen molar-refractivity contribution < 1.29 is 0 Å². The summed E-state index contributed by atoms with van der Waals surface area (Å²) in [7, 11) is 0. The zero-order chi connectivity index (χ0) is 8.97. The maximum absolute atomic E-state index is 4.51. The maximum Gasteiger partial charge on any atom is 0.0528 e. The molecule has 0 aromatic heterocycles. The van der Waals surface area contributed by atoms with Crippen molar-refractivity contribution >= 4 is 6.21 Å². The smallest absolute Gasteiger partial charge is 0.0528 e. The SMILES string of the molecule is CCC1C=CC=NC(CC)C1C. The zero-order valence-corrected chi connectivity index (χ0v) is 8.33. The van der Waals surface area contributed by atoms with E-state index in [1.807, 2.05) is 6.21 Å². The van der Waals surface area contributed by atoms with Gasteiger partial charge in [0.25, 0.3) is 0 Å². The maximum atomic E-state index is 4.51. The van der Waals surface area contributed by atoms with Crippen LogP contribution in [0.15, 0.2) is 17.1 Å². The normalized spacial score (nSPS) is 35.1. The highest BCUT2D eigenvalue weighted by Crippen LogP contribution is 2.25. The van der Waals surface area contributed by atoms with Gasteiger partial charge in [-0.15, -0.1) is 0 Å². The van der Waals surface area contributed by atoms with Crippen molar-refractivity contribution in [2.75, 3.05) is 0 Å². The number of hydrogen-bond acceptors (Lipinski definition) is 1. The van der Waals surface area contributed by atoms with E-state index in [1.54, 1.807) is 0 Å². The molecular formula is C11H19N. The number of hydrogen-bond donors (Lipinski definition) is 0. The first-order valence-electron chi connectivity index (χ1n) is 4.99. The fraction of sp³-hybridized carbons (Fsp3) is 0.727. The quantitative estimate of drug-likeness (QED) is 0.596. The second-order valence-electron chi connectivity index (χ2n) is 3.59. The van der Waals surface area contributed by atoms with E-state index in [0.29, 0.717) is 12.0 Å². The van der Waals surface area contributed by atoms with Gasteiger partial charge in [0, 0.05) is 6.21 Å². The molecule has 0 aliphatic carbocycles. The topological polar surface area (TPSA) is 12.4 Å². The molecule has 0 radical (unpaired) electrons. The van der Waals surface area contributed by atoms with Crippen LogP contribution in [0.1, 0.15) is 33.6 Å². The molecule has 0 spiro atoms. The predicted molar refractivity (Wildman–Crippen MR) is 54.7 cm³/mol. The first-order chi connectivity index (χ1) is 5.79. The molecule has 0 saturated carbocycles. The van der Waals surface area contributed by atoms with E-state index in [2.05, 4.69) is 37.9 Å². The van der Waals surface area contributed by atoms with Crippen molar-refractivity contribution in [1.82, 2.24) is 0 Å². The highest BCUT2D eigenvalue weighted by molar-refractivity contribution is 5.71. The van der Waals surface area contributed by atoms with Gasteiger partial charge in [-0.3, -0.25) is 4.99 Å². The van der Waals surface area contributed by atoms with Crippen LogP contribution >= 0.6 is 0 Å². The minimum atomic E-state index is 0.532. The molecule has 12 heavy (non-hydrogen) atoms. The molecule has 1 heteroatoms. The van der Waals surface area contributed by atoms with E-state index < -0.39 is 0 Å². The molecule has 3 unspecified atom stereocenters. The Bertz CT molecular complexity index is 161. The zero-order valence-electron chi connectivity index (χ0n) is 8.33. The molecule has 1 heterocycles. The molecule has 1 aliphatic rings. The molecule has 3 atom stereocenters. The molecule has 0 fully saturated rings. The first-order valence-corrected chi connectivity index (χ1v) is 4.99. The molecule has 0 amide bonds. The van der Waals surface area contributed by atoms with Crippen molar-refractivity contribution in [3.8, 4) is 0 Å². The van der Waals surface area contributed by atoms with Gasteiger partial charge in [-0.2, -0.15) is 0 Å². The minimum absolute atomic E-state index is 0.532. The van der Waals surface area contributed by atoms with Crippen LogP contribution in [0.25, 0.3) is 0 Å². The second-order valence-corrected chi connectivity index (χ2v) is 3.59. The molecular weight excluding hydrogens is 146 g/mol. The van der Waals surface area contributed by atoms with Crippen molar-refractivity contribution in [3.05, 3.63) is 12.2 Å². The summed E-state index contributed by atoms with van der Waals surface area (Å²) in [4.78, 5) is 4.51. The lowest BCUT2D eigenvalue weighted by atomic mass is 9.85. The summed E-state index contributed by atoms with van der Waals surface area (Å²) in [6, 6.07) is 0.532. The van der Waals surface area contributed by atoms with Crippen LogP contribution in [-0.2, 0) is 0 Å². The van der Waals surface area contributed by atoms with Crippen LogP contribution in [0.2, 0.25) is 0 Å². The third-order valence-electron chi connectivity index (χ3n) is 2.89. The van der Waals surface area contributed by atoms with Crippen LogP contribution in [0.5, 0.6) is 0 Å². The summed E-state index contributed by atoms with van der Waals surface area (Å²) in [5.74, 6) is 1.42. The molecule has 0 bridgehead atoms. The molecule has 0 saturated heterocycles. The van der Waals surface area contributed by atoms with Gasteiger partial charge in [0.1, 0.15) is 0 Å². The monoisotopic (exact) mass is 165 g/mol. The van der Waals surface area contributed by atoms with Crippen LogP contribution in [0.4, 0.5) is 0 Å². The first kappa shape index (κ1) is 9.50. The van der Waals surface area contributed by atoms with Crippen molar-refractivity contribution in [2.45, 2.75) is 39.7 Å². The van der Waals surface area contributed by atoms with Crippen molar-refractivity contribution in [1.29, 1.82) is 0 Å². The Labute approximate surface area is 75.6 Å². The Hall–Kier alpha value is -0.590. The summed E-state index contributed by atoms with van der Waals surface area (Å²) in [5, 5.41) is 0. The predicted octanol–water partition coefficient (Wildman–Crippen LogP) is 3.07. The highest BCUT2D eigenvalue weighted by Gasteiger charge is 2.21. The molecule has 1 rings (SSSR count). The number of aliphatic imine (C=N–C) groups is 1. The average Bonchev–Trinajstić information content (AvgIpc) is 2.27. The van der Waals surface area contributed by atoms with Gasteiger partial charge in [0.05, 0.1) is 6.04 Å². The van der Waals surface area contributed by atoms with Gasteiger partial charge in [-0.25, -0.2) is 0 Å². The van der Waals surface area contributed by atoms with Gasteiger partial charge in [-0.05, 0) is 30.8 Å². The fourth-order valence-electron chi connectivity index (χ4n) is 1.93. The lowest BCUT2D eigenvalue weighted by Gasteiger charge is -2.23. The van der Waals surface area contributed by atoms with E-state index in [0.717, 1.165) is 12.3 Å². The number of nitrogens with zero attached hydrogens (tertiary/aromatic N) is 1. The summed E-state index contributed by atoms with van der Waals surface area (Å²) >= 11 is 0. The van der Waals surface area contributed by atoms with Gasteiger partial charge >= 0.3 is 0 Å². The van der Waals surface area contributed by atoms with E-state index in [1.165, 1.54) is 6.42 Å². The van der Waals surface area contributed by atoms with Crippen LogP contribution in [0, 0.1) is 11.8 Å². The standard InChI is InChI=1S/C11H19N/c1-4-10-7-6-8-12-11(5-2)9(10)3/h6-11H,4-5H2,1-3H3. The molecule has 68 valence electrons. The third kappa shape index (κ3) is 1.96. The largest absolute Gasteiger partial charge is 0.290 e. The van der Waals surface area contributed by atoms with Gasteiger partial charge in [-0.1, -0.05) is 26.8 Å². The van der Waals surface area contributed by atoms with Crippen LogP contribution in [0.3, 0.4) is 0 Å². The fourth-order valence-corrected chi connectivity index (χ4v) is 1.93. The van der Waals surface area contributed by atoms with Crippen molar-refractivity contribution in [3.63, 3.8) is 0 Å². The Morgan fingerprint density at radius 2 is 2.00 bits per heavy atom. The van der Waals surface area contributed by atoms with Crippen molar-refractivity contribution in [2.24, 2.45) is 16.8 Å². The average molecular weight is 165 g/mol. The van der Waals surface area contributed by atoms with Gasteiger partial charge < -0.3 is 0 Å². The lowest BCUT2D eigenvalue weighted by Crippen LogP contribution is -2.21. The third-order valence-corrected chi connectivity index (χ3v) is 2.89. The van der Waals surface area contributed by atoms with E-state index in [4.69, 9.17) is 0 Å². The summed E-state index contributed by atoms with van der Waals surface area (Å²) in [6.07, 6.45) is 8.75. The lowest BCUT2D eigenvalue weighted by molar-refractivity contribution is 0.345. The van der Waals surface area contributed by atoms with Crippen LogP contribution in [-0.4, -0.2) is 12.3 Å². The summed E-state index contributed by atoms with van der Waals surface area (Å²) < 4.78 is 0. The molecule has 1 nitrogen and oxygen atoms in total. The number of rotatable bonds is 2. The summed E-state index contributed by atoms with van der Waals surface area (Å²) in [5.41, 5.74) is 0. The second kappa shape index (κ2) is 4.44. The van der Waals surface area contributed by atoms with E-state index in [-0.39, 0.29) is 0 Å². The molecule has 0 N–H and O–H groups in total.